The van der Waals surface area contributed by atoms with Crippen molar-refractivity contribution in [2.75, 3.05) is 0 Å². The Kier molecular flexibility index (Phi) is 3.79. The van der Waals surface area contributed by atoms with Gasteiger partial charge in [-0.2, -0.15) is 0 Å². The van der Waals surface area contributed by atoms with Crippen LogP contribution in [0.15, 0.2) is 65.1 Å². The molecule has 0 heterocycles. The molecule has 3 rings (SSSR count). The summed E-state index contributed by atoms with van der Waals surface area (Å²) in [6.45, 7) is 0. The number of hydrogen-bond acceptors (Lipinski definition) is 1. The molecule has 1 nitrogen and oxygen atoms in total. The standard InChI is InChI=1S/C17H12BrClO/c18-15-8-4-3-7-14(15)17(20)13-9-10-16(19)12-6-2-1-5-11(12)13/h1-10,17,20H. The maximum atomic E-state index is 10.7. The van der Waals surface area contributed by atoms with Gasteiger partial charge in [0, 0.05) is 14.9 Å². The predicted octanol–water partition coefficient (Wildman–Crippen LogP) is 5.34. The van der Waals surface area contributed by atoms with Gasteiger partial charge in [-0.15, -0.1) is 0 Å². The number of hydrogen-bond donors (Lipinski definition) is 1. The van der Waals surface area contributed by atoms with Gasteiger partial charge in [0.05, 0.1) is 0 Å². The molecule has 3 aromatic carbocycles. The summed E-state index contributed by atoms with van der Waals surface area (Å²) in [5.41, 5.74) is 1.71. The van der Waals surface area contributed by atoms with E-state index in [0.717, 1.165) is 26.4 Å². The molecule has 0 aliphatic rings. The summed E-state index contributed by atoms with van der Waals surface area (Å²) in [6, 6.07) is 19.3. The minimum atomic E-state index is -0.687. The lowest BCUT2D eigenvalue weighted by atomic mass is 9.96. The predicted molar refractivity (Wildman–Crippen MR) is 87.2 cm³/mol. The molecule has 0 saturated heterocycles. The van der Waals surface area contributed by atoms with Gasteiger partial charge in [-0.25, -0.2) is 0 Å². The third-order valence-corrected chi connectivity index (χ3v) is 4.45. The van der Waals surface area contributed by atoms with Crippen LogP contribution in [0.2, 0.25) is 5.02 Å². The normalized spacial score (nSPS) is 12.6. The first kappa shape index (κ1) is 13.6. The highest BCUT2D eigenvalue weighted by Gasteiger charge is 2.16. The van der Waals surface area contributed by atoms with Crippen molar-refractivity contribution in [3.63, 3.8) is 0 Å². The Balaban J connectivity index is 2.20. The molecule has 100 valence electrons. The van der Waals surface area contributed by atoms with Gasteiger partial charge in [0.1, 0.15) is 6.10 Å². The lowest BCUT2D eigenvalue weighted by molar-refractivity contribution is 0.221. The molecule has 0 amide bonds. The summed E-state index contributed by atoms with van der Waals surface area (Å²) in [7, 11) is 0. The Morgan fingerprint density at radius 3 is 2.20 bits per heavy atom. The van der Waals surface area contributed by atoms with Gasteiger partial charge < -0.3 is 5.11 Å². The molecule has 3 aromatic rings. The van der Waals surface area contributed by atoms with E-state index < -0.39 is 6.10 Å². The van der Waals surface area contributed by atoms with E-state index in [1.807, 2.05) is 60.7 Å². The van der Waals surface area contributed by atoms with Crippen LogP contribution in [0.4, 0.5) is 0 Å². The molecule has 0 saturated carbocycles. The van der Waals surface area contributed by atoms with Crippen LogP contribution in [0.3, 0.4) is 0 Å². The van der Waals surface area contributed by atoms with E-state index in [1.165, 1.54) is 0 Å². The number of aliphatic hydroxyl groups is 1. The number of benzene rings is 3. The summed E-state index contributed by atoms with van der Waals surface area (Å²) < 4.78 is 0.895. The van der Waals surface area contributed by atoms with Gasteiger partial charge in [-0.1, -0.05) is 76.1 Å². The average molecular weight is 348 g/mol. The molecule has 0 fully saturated rings. The van der Waals surface area contributed by atoms with Gasteiger partial charge in [0.15, 0.2) is 0 Å². The molecule has 3 heteroatoms. The summed E-state index contributed by atoms with van der Waals surface area (Å²) in [5.74, 6) is 0. The Hall–Kier alpha value is -1.35. The Bertz CT molecular complexity index is 770. The molecule has 1 atom stereocenters. The Morgan fingerprint density at radius 2 is 1.45 bits per heavy atom. The van der Waals surface area contributed by atoms with E-state index in [0.29, 0.717) is 5.02 Å². The second kappa shape index (κ2) is 5.57. The van der Waals surface area contributed by atoms with Crippen molar-refractivity contribution < 1.29 is 5.11 Å². The van der Waals surface area contributed by atoms with Gasteiger partial charge >= 0.3 is 0 Å². The molecule has 0 bridgehead atoms. The average Bonchev–Trinajstić information content (AvgIpc) is 2.48. The zero-order valence-corrected chi connectivity index (χ0v) is 12.9. The molecular formula is C17H12BrClO. The fourth-order valence-electron chi connectivity index (χ4n) is 2.39. The van der Waals surface area contributed by atoms with Crippen LogP contribution < -0.4 is 0 Å². The Morgan fingerprint density at radius 1 is 0.800 bits per heavy atom. The topological polar surface area (TPSA) is 20.2 Å². The minimum absolute atomic E-state index is 0.687. The van der Waals surface area contributed by atoms with Crippen molar-refractivity contribution in [1.29, 1.82) is 0 Å². The number of fused-ring (bicyclic) bond motifs is 1. The quantitative estimate of drug-likeness (QED) is 0.663. The summed E-state index contributed by atoms with van der Waals surface area (Å²) in [4.78, 5) is 0. The molecule has 0 aliphatic carbocycles. The second-order valence-electron chi connectivity index (χ2n) is 4.61. The molecule has 1 N–H and O–H groups in total. The van der Waals surface area contributed by atoms with Crippen LogP contribution in [0.25, 0.3) is 10.8 Å². The van der Waals surface area contributed by atoms with Crippen molar-refractivity contribution >= 4 is 38.3 Å². The first-order valence-electron chi connectivity index (χ1n) is 6.28. The van der Waals surface area contributed by atoms with E-state index in [-0.39, 0.29) is 0 Å². The summed E-state index contributed by atoms with van der Waals surface area (Å²) >= 11 is 9.71. The molecule has 20 heavy (non-hydrogen) atoms. The maximum absolute atomic E-state index is 10.7. The third-order valence-electron chi connectivity index (χ3n) is 3.40. The number of aliphatic hydroxyl groups excluding tert-OH is 1. The monoisotopic (exact) mass is 346 g/mol. The van der Waals surface area contributed by atoms with Crippen LogP contribution in [-0.4, -0.2) is 5.11 Å². The number of halogens is 2. The van der Waals surface area contributed by atoms with Crippen molar-refractivity contribution in [2.45, 2.75) is 6.10 Å². The highest BCUT2D eigenvalue weighted by molar-refractivity contribution is 9.10. The third kappa shape index (κ3) is 2.35. The summed E-state index contributed by atoms with van der Waals surface area (Å²) in [6.07, 6.45) is -0.687. The molecular weight excluding hydrogens is 336 g/mol. The maximum Gasteiger partial charge on any atom is 0.106 e. The first-order valence-corrected chi connectivity index (χ1v) is 7.45. The van der Waals surface area contributed by atoms with Crippen LogP contribution >= 0.6 is 27.5 Å². The zero-order chi connectivity index (χ0) is 14.1. The van der Waals surface area contributed by atoms with Crippen LogP contribution in [0.1, 0.15) is 17.2 Å². The van der Waals surface area contributed by atoms with E-state index in [4.69, 9.17) is 11.6 Å². The van der Waals surface area contributed by atoms with Crippen LogP contribution in [0, 0.1) is 0 Å². The zero-order valence-electron chi connectivity index (χ0n) is 10.6. The van der Waals surface area contributed by atoms with Crippen molar-refractivity contribution in [2.24, 2.45) is 0 Å². The molecule has 0 radical (unpaired) electrons. The molecule has 0 aliphatic heterocycles. The van der Waals surface area contributed by atoms with Gasteiger partial charge in [0.2, 0.25) is 0 Å². The fraction of sp³-hybridized carbons (Fsp3) is 0.0588. The number of rotatable bonds is 2. The van der Waals surface area contributed by atoms with E-state index in [9.17, 15) is 5.11 Å². The molecule has 1 unspecified atom stereocenters. The fourth-order valence-corrected chi connectivity index (χ4v) is 3.12. The smallest absolute Gasteiger partial charge is 0.106 e. The second-order valence-corrected chi connectivity index (χ2v) is 5.87. The van der Waals surface area contributed by atoms with Crippen LogP contribution in [0.5, 0.6) is 0 Å². The summed E-state index contributed by atoms with van der Waals surface area (Å²) in [5, 5.41) is 13.3. The van der Waals surface area contributed by atoms with E-state index in [2.05, 4.69) is 15.9 Å². The van der Waals surface area contributed by atoms with Crippen molar-refractivity contribution in [3.8, 4) is 0 Å². The minimum Gasteiger partial charge on any atom is -0.384 e. The molecule has 0 aromatic heterocycles. The van der Waals surface area contributed by atoms with Gasteiger partial charge in [-0.05, 0) is 28.6 Å². The highest BCUT2D eigenvalue weighted by atomic mass is 79.9. The van der Waals surface area contributed by atoms with E-state index in [1.54, 1.807) is 0 Å². The lowest BCUT2D eigenvalue weighted by Gasteiger charge is -2.16. The first-order chi connectivity index (χ1) is 9.68. The highest BCUT2D eigenvalue weighted by Crippen LogP contribution is 2.35. The van der Waals surface area contributed by atoms with Gasteiger partial charge in [0.25, 0.3) is 0 Å². The van der Waals surface area contributed by atoms with Crippen molar-refractivity contribution in [3.05, 3.63) is 81.3 Å². The SMILES string of the molecule is OC(c1ccccc1Br)c1ccc(Cl)c2ccccc12. The molecule has 0 spiro atoms. The van der Waals surface area contributed by atoms with Gasteiger partial charge in [-0.3, -0.25) is 0 Å². The largest absolute Gasteiger partial charge is 0.384 e. The van der Waals surface area contributed by atoms with Crippen LogP contribution in [-0.2, 0) is 0 Å². The van der Waals surface area contributed by atoms with E-state index >= 15 is 0 Å². The Labute approximate surface area is 131 Å². The lowest BCUT2D eigenvalue weighted by Crippen LogP contribution is -2.01. The van der Waals surface area contributed by atoms with Crippen molar-refractivity contribution in [1.82, 2.24) is 0 Å².